The fourth-order valence-corrected chi connectivity index (χ4v) is 2.61. The van der Waals surface area contributed by atoms with Crippen molar-refractivity contribution in [1.29, 1.82) is 0 Å². The fourth-order valence-electron chi connectivity index (χ4n) is 1.50. The summed E-state index contributed by atoms with van der Waals surface area (Å²) in [5, 5.41) is 2.26. The van der Waals surface area contributed by atoms with E-state index in [1.165, 1.54) is 16.2 Å². The van der Waals surface area contributed by atoms with E-state index >= 15 is 0 Å². The van der Waals surface area contributed by atoms with Gasteiger partial charge >= 0.3 is 0 Å². The Bertz CT molecular complexity index is 553. The van der Waals surface area contributed by atoms with Gasteiger partial charge in [-0.1, -0.05) is 23.7 Å². The van der Waals surface area contributed by atoms with Crippen LogP contribution >= 0.6 is 22.9 Å². The predicted molar refractivity (Wildman–Crippen MR) is 72.9 cm³/mol. The van der Waals surface area contributed by atoms with Gasteiger partial charge in [-0.15, -0.1) is 11.3 Å². The number of nitrogens with two attached hydrogens (primary N) is 1. The minimum Gasteiger partial charge on any atom is -0.397 e. The summed E-state index contributed by atoms with van der Waals surface area (Å²) in [4.78, 5) is 14.2. The van der Waals surface area contributed by atoms with Gasteiger partial charge in [0.25, 0.3) is 5.91 Å². The summed E-state index contributed by atoms with van der Waals surface area (Å²) in [6.07, 6.45) is 0. The molecule has 0 atom stereocenters. The summed E-state index contributed by atoms with van der Waals surface area (Å²) in [6.45, 7) is 0. The van der Waals surface area contributed by atoms with Crippen molar-refractivity contribution >= 4 is 40.2 Å². The smallest absolute Gasteiger partial charge is 0.269 e. The molecule has 0 radical (unpaired) electrons. The molecule has 0 saturated carbocycles. The third-order valence-corrected chi connectivity index (χ3v) is 3.74. The van der Waals surface area contributed by atoms with E-state index in [1.54, 1.807) is 30.6 Å². The molecule has 0 aliphatic heterocycles. The summed E-state index contributed by atoms with van der Waals surface area (Å²) < 4.78 is 0. The van der Waals surface area contributed by atoms with E-state index < -0.39 is 0 Å². The maximum atomic E-state index is 12.2. The second-order valence-electron chi connectivity index (χ2n) is 3.52. The number of hydrogen-bond donors (Lipinski definition) is 1. The molecule has 17 heavy (non-hydrogen) atoms. The van der Waals surface area contributed by atoms with Crippen LogP contribution in [-0.2, 0) is 0 Å². The van der Waals surface area contributed by atoms with E-state index in [0.29, 0.717) is 21.3 Å². The van der Waals surface area contributed by atoms with Crippen LogP contribution in [0.4, 0.5) is 11.4 Å². The highest BCUT2D eigenvalue weighted by molar-refractivity contribution is 7.12. The maximum absolute atomic E-state index is 12.2. The Hall–Kier alpha value is -1.52. The predicted octanol–water partition coefficient (Wildman–Crippen LogP) is 3.26. The number of carbonyl (C=O) groups is 1. The Morgan fingerprint density at radius 1 is 1.35 bits per heavy atom. The van der Waals surface area contributed by atoms with Crippen molar-refractivity contribution in [3.8, 4) is 0 Å². The molecule has 0 aliphatic rings. The van der Waals surface area contributed by atoms with E-state index in [2.05, 4.69) is 0 Å². The Morgan fingerprint density at radius 3 is 2.65 bits per heavy atom. The molecule has 3 nitrogen and oxygen atoms in total. The molecule has 1 amide bonds. The van der Waals surface area contributed by atoms with Crippen molar-refractivity contribution < 1.29 is 4.79 Å². The number of rotatable bonds is 2. The Kier molecular flexibility index (Phi) is 3.36. The van der Waals surface area contributed by atoms with Crippen molar-refractivity contribution in [3.05, 3.63) is 45.6 Å². The van der Waals surface area contributed by atoms with Crippen LogP contribution in [0, 0.1) is 0 Å². The monoisotopic (exact) mass is 266 g/mol. The second kappa shape index (κ2) is 4.77. The molecular formula is C12H11ClN2OS. The van der Waals surface area contributed by atoms with Crippen molar-refractivity contribution in [3.63, 3.8) is 0 Å². The Morgan fingerprint density at radius 2 is 2.06 bits per heavy atom. The van der Waals surface area contributed by atoms with Gasteiger partial charge in [0, 0.05) is 7.05 Å². The van der Waals surface area contributed by atoms with Gasteiger partial charge in [0.2, 0.25) is 0 Å². The zero-order chi connectivity index (χ0) is 12.4. The summed E-state index contributed by atoms with van der Waals surface area (Å²) in [7, 11) is 1.68. The molecule has 2 rings (SSSR count). The van der Waals surface area contributed by atoms with E-state index in [-0.39, 0.29) is 5.91 Å². The van der Waals surface area contributed by atoms with Crippen LogP contribution in [0.5, 0.6) is 0 Å². The van der Waals surface area contributed by atoms with Gasteiger partial charge in [-0.3, -0.25) is 4.79 Å². The normalized spacial score (nSPS) is 10.2. The van der Waals surface area contributed by atoms with Gasteiger partial charge in [-0.25, -0.2) is 0 Å². The molecule has 1 aromatic carbocycles. The van der Waals surface area contributed by atoms with Crippen molar-refractivity contribution in [2.45, 2.75) is 0 Å². The van der Waals surface area contributed by atoms with Crippen LogP contribution in [0.1, 0.15) is 9.67 Å². The SMILES string of the molecule is CN(C(=O)c1sccc1Cl)c1ccccc1N. The topological polar surface area (TPSA) is 46.3 Å². The molecule has 0 unspecified atom stereocenters. The average molecular weight is 267 g/mol. The number of amides is 1. The highest BCUT2D eigenvalue weighted by Crippen LogP contribution is 2.27. The molecule has 0 aliphatic carbocycles. The molecular weight excluding hydrogens is 256 g/mol. The van der Waals surface area contributed by atoms with Crippen molar-refractivity contribution in [2.24, 2.45) is 0 Å². The molecule has 0 saturated heterocycles. The quantitative estimate of drug-likeness (QED) is 0.848. The lowest BCUT2D eigenvalue weighted by Gasteiger charge is -2.18. The van der Waals surface area contributed by atoms with Crippen LogP contribution in [0.15, 0.2) is 35.7 Å². The number of anilines is 2. The second-order valence-corrected chi connectivity index (χ2v) is 4.84. The Labute approximate surface area is 108 Å². The first-order valence-electron chi connectivity index (χ1n) is 4.97. The highest BCUT2D eigenvalue weighted by Gasteiger charge is 2.18. The standard InChI is InChI=1S/C12H11ClN2OS/c1-15(10-5-3-2-4-9(10)14)12(16)11-8(13)6-7-17-11/h2-7H,14H2,1H3. The summed E-state index contributed by atoms with van der Waals surface area (Å²) in [5.41, 5.74) is 7.08. The molecule has 0 spiro atoms. The molecule has 2 aromatic rings. The first-order valence-corrected chi connectivity index (χ1v) is 6.22. The van der Waals surface area contributed by atoms with Gasteiger partial charge in [-0.05, 0) is 23.6 Å². The van der Waals surface area contributed by atoms with E-state index in [0.717, 1.165) is 0 Å². The average Bonchev–Trinajstić information content (AvgIpc) is 2.74. The third kappa shape index (κ3) is 2.28. The molecule has 1 aromatic heterocycles. The zero-order valence-corrected chi connectivity index (χ0v) is 10.8. The lowest BCUT2D eigenvalue weighted by Crippen LogP contribution is -2.26. The lowest BCUT2D eigenvalue weighted by atomic mass is 10.2. The number of halogens is 1. The van der Waals surface area contributed by atoms with Gasteiger partial charge in [-0.2, -0.15) is 0 Å². The van der Waals surface area contributed by atoms with Gasteiger partial charge in [0.15, 0.2) is 0 Å². The fraction of sp³-hybridized carbons (Fsp3) is 0.0833. The van der Waals surface area contributed by atoms with Crippen molar-refractivity contribution in [1.82, 2.24) is 0 Å². The Balaban J connectivity index is 2.33. The van der Waals surface area contributed by atoms with Crippen molar-refractivity contribution in [2.75, 3.05) is 17.7 Å². The molecule has 88 valence electrons. The molecule has 0 bridgehead atoms. The lowest BCUT2D eigenvalue weighted by molar-refractivity contribution is 0.0997. The summed E-state index contributed by atoms with van der Waals surface area (Å²) in [6, 6.07) is 8.94. The minimum absolute atomic E-state index is 0.150. The van der Waals surface area contributed by atoms with Crippen LogP contribution in [0.25, 0.3) is 0 Å². The van der Waals surface area contributed by atoms with Crippen LogP contribution in [0.3, 0.4) is 0 Å². The zero-order valence-electron chi connectivity index (χ0n) is 9.18. The van der Waals surface area contributed by atoms with E-state index in [4.69, 9.17) is 17.3 Å². The first-order chi connectivity index (χ1) is 8.11. The largest absolute Gasteiger partial charge is 0.397 e. The van der Waals surface area contributed by atoms with Gasteiger partial charge < -0.3 is 10.6 Å². The number of nitrogens with zero attached hydrogens (tertiary/aromatic N) is 1. The molecule has 2 N–H and O–H groups in total. The van der Waals surface area contributed by atoms with Gasteiger partial charge in [0.05, 0.1) is 16.4 Å². The molecule has 0 fully saturated rings. The van der Waals surface area contributed by atoms with Crippen LogP contribution in [-0.4, -0.2) is 13.0 Å². The van der Waals surface area contributed by atoms with Crippen LogP contribution < -0.4 is 10.6 Å². The number of benzene rings is 1. The number of para-hydroxylation sites is 2. The number of carbonyl (C=O) groups excluding carboxylic acids is 1. The minimum atomic E-state index is -0.150. The summed E-state index contributed by atoms with van der Waals surface area (Å²) in [5.74, 6) is -0.150. The highest BCUT2D eigenvalue weighted by atomic mass is 35.5. The van der Waals surface area contributed by atoms with E-state index in [9.17, 15) is 4.79 Å². The van der Waals surface area contributed by atoms with E-state index in [1.807, 2.05) is 12.1 Å². The maximum Gasteiger partial charge on any atom is 0.269 e. The molecule has 1 heterocycles. The summed E-state index contributed by atoms with van der Waals surface area (Å²) >= 11 is 7.26. The van der Waals surface area contributed by atoms with Crippen LogP contribution in [0.2, 0.25) is 5.02 Å². The molecule has 5 heteroatoms. The van der Waals surface area contributed by atoms with Gasteiger partial charge in [0.1, 0.15) is 4.88 Å². The number of thiophene rings is 1. The third-order valence-electron chi connectivity index (χ3n) is 2.41. The number of nitrogen functional groups attached to an aromatic ring is 1. The first kappa shape index (κ1) is 12.0. The number of hydrogen-bond acceptors (Lipinski definition) is 3.